The van der Waals surface area contributed by atoms with Gasteiger partial charge in [0.2, 0.25) is 12.4 Å². The molecule has 4 heterocycles. The van der Waals surface area contributed by atoms with Crippen molar-refractivity contribution >= 4 is 29.1 Å². The number of aliphatic carboxylic acids is 1. The highest BCUT2D eigenvalue weighted by molar-refractivity contribution is 5.96. The minimum Gasteiger partial charge on any atom is -0.508 e. The van der Waals surface area contributed by atoms with Crippen LogP contribution in [0.25, 0.3) is 22.1 Å². The van der Waals surface area contributed by atoms with E-state index < -0.39 is 55.4 Å². The molecule has 6 atom stereocenters. The Hall–Kier alpha value is -5.06. The second kappa shape index (κ2) is 12.1. The average Bonchev–Trinajstić information content (AvgIpc) is 3.62. The third-order valence-corrected chi connectivity index (χ3v) is 7.34. The number of hydrogen-bond donors (Lipinski definition) is 5. The Morgan fingerprint density at radius 1 is 1.11 bits per heavy atom. The lowest BCUT2D eigenvalue weighted by atomic mass is 9.99. The van der Waals surface area contributed by atoms with Gasteiger partial charge >= 0.3 is 11.9 Å². The molecule has 1 saturated heterocycles. The second-order valence-corrected chi connectivity index (χ2v) is 10.3. The summed E-state index contributed by atoms with van der Waals surface area (Å²) < 4.78 is 22.4. The number of benzene rings is 2. The van der Waals surface area contributed by atoms with Crippen molar-refractivity contribution in [2.24, 2.45) is 4.99 Å². The van der Waals surface area contributed by atoms with E-state index in [9.17, 15) is 34.8 Å². The summed E-state index contributed by atoms with van der Waals surface area (Å²) in [7, 11) is 0. The first kappa shape index (κ1) is 30.0. The molecule has 3 aliphatic heterocycles. The Morgan fingerprint density at radius 3 is 2.62 bits per heavy atom. The molecule has 0 bridgehead atoms. The standard InChI is InChI=1S/C30H26N2O13/c33-16-3-1-14(2-4-16)19-12-41-21-9-17(5-6-18(21)23(19)34)43-30-27(45-32-10-15-7-8-31-20(15)11-32)25(36)24(35)22(44-30)13-42-29(40)26(37)28(38)39/h1-9,11-12,22,24-27,30,33,35-37H,10,13H2,(H,38,39). The lowest BCUT2D eigenvalue weighted by Crippen LogP contribution is -2.62. The van der Waals surface area contributed by atoms with Crippen LogP contribution in [0, 0.1) is 0 Å². The number of carboxylic acid groups (broad SMARTS) is 1. The number of carboxylic acids is 1. The number of phenols is 1. The number of aliphatic imine (C=N–C) groups is 1. The molecule has 234 valence electrons. The largest absolute Gasteiger partial charge is 0.508 e. The molecule has 15 heteroatoms. The van der Waals surface area contributed by atoms with Crippen molar-refractivity contribution in [1.29, 1.82) is 0 Å². The summed E-state index contributed by atoms with van der Waals surface area (Å²) in [6.45, 7) is -0.462. The van der Waals surface area contributed by atoms with Gasteiger partial charge in [0.15, 0.2) is 11.5 Å². The van der Waals surface area contributed by atoms with Crippen LogP contribution in [-0.2, 0) is 23.9 Å². The Kier molecular flexibility index (Phi) is 8.09. The number of rotatable bonds is 9. The second-order valence-electron chi connectivity index (χ2n) is 10.3. The molecule has 5 N–H and O–H groups in total. The van der Waals surface area contributed by atoms with Crippen molar-refractivity contribution in [3.8, 4) is 22.6 Å². The minimum absolute atomic E-state index is 0.0450. The average molecular weight is 623 g/mol. The smallest absolute Gasteiger partial charge is 0.346 e. The molecular formula is C30H26N2O13. The van der Waals surface area contributed by atoms with E-state index in [4.69, 9.17) is 28.6 Å². The molecule has 0 aliphatic carbocycles. The van der Waals surface area contributed by atoms with Crippen LogP contribution in [0.4, 0.5) is 0 Å². The van der Waals surface area contributed by atoms with Crippen molar-refractivity contribution in [2.75, 3.05) is 13.2 Å². The van der Waals surface area contributed by atoms with Crippen LogP contribution >= 0.6 is 0 Å². The summed E-state index contributed by atoms with van der Waals surface area (Å²) >= 11 is 0. The van der Waals surface area contributed by atoms with Gasteiger partial charge in [-0.25, -0.2) is 9.59 Å². The van der Waals surface area contributed by atoms with E-state index in [2.05, 4.69) is 4.99 Å². The van der Waals surface area contributed by atoms with E-state index in [1.165, 1.54) is 41.7 Å². The highest BCUT2D eigenvalue weighted by Crippen LogP contribution is 2.32. The van der Waals surface area contributed by atoms with Gasteiger partial charge in [-0.15, -0.1) is 0 Å². The van der Waals surface area contributed by atoms with E-state index in [0.717, 1.165) is 5.57 Å². The number of carbonyl (C=O) groups is 2. The van der Waals surface area contributed by atoms with E-state index in [1.54, 1.807) is 30.6 Å². The number of aliphatic hydroxyl groups is 3. The van der Waals surface area contributed by atoms with Crippen LogP contribution in [0.5, 0.6) is 11.5 Å². The van der Waals surface area contributed by atoms with Crippen molar-refractivity contribution in [2.45, 2.75) is 36.8 Å². The van der Waals surface area contributed by atoms with Crippen LogP contribution in [0.1, 0.15) is 0 Å². The predicted molar refractivity (Wildman–Crippen MR) is 152 cm³/mol. The molecule has 0 amide bonds. The third-order valence-electron chi connectivity index (χ3n) is 7.34. The number of allylic oxidation sites excluding steroid dienone is 1. The summed E-state index contributed by atoms with van der Waals surface area (Å²) in [4.78, 5) is 46.1. The number of hydroxylamine groups is 2. The fourth-order valence-corrected chi connectivity index (χ4v) is 4.95. The van der Waals surface area contributed by atoms with Gasteiger partial charge in [-0.3, -0.25) is 19.7 Å². The van der Waals surface area contributed by atoms with Crippen LogP contribution in [0.3, 0.4) is 0 Å². The molecule has 6 unspecified atom stereocenters. The Morgan fingerprint density at radius 2 is 1.89 bits per heavy atom. The molecule has 3 aliphatic rings. The topological polar surface area (TPSA) is 218 Å². The van der Waals surface area contributed by atoms with Crippen LogP contribution in [0.15, 0.2) is 86.5 Å². The number of aliphatic hydroxyl groups excluding tert-OH is 3. The summed E-state index contributed by atoms with van der Waals surface area (Å²) in [5.74, 6) is -3.17. The molecule has 6 rings (SSSR count). The quantitative estimate of drug-likeness (QED) is 0.162. The molecule has 45 heavy (non-hydrogen) atoms. The predicted octanol–water partition coefficient (Wildman–Crippen LogP) is 0.448. The van der Waals surface area contributed by atoms with Gasteiger partial charge in [-0.2, -0.15) is 0 Å². The molecule has 3 aromatic rings. The normalized spacial score (nSPS) is 24.6. The maximum atomic E-state index is 13.2. The van der Waals surface area contributed by atoms with Gasteiger partial charge in [0.25, 0.3) is 0 Å². The molecule has 0 saturated carbocycles. The molecule has 0 radical (unpaired) electrons. The summed E-state index contributed by atoms with van der Waals surface area (Å²) in [6, 6.07) is 10.4. The summed E-state index contributed by atoms with van der Waals surface area (Å²) in [6.07, 6.45) is -3.76. The maximum absolute atomic E-state index is 13.2. The number of hydrogen-bond acceptors (Lipinski definition) is 14. The summed E-state index contributed by atoms with van der Waals surface area (Å²) in [5, 5.41) is 51.3. The fraction of sp³-hybridized carbons (Fsp3) is 0.267. The zero-order chi connectivity index (χ0) is 31.8. The molecule has 2 aromatic carbocycles. The van der Waals surface area contributed by atoms with Crippen LogP contribution in [0.2, 0.25) is 0 Å². The number of carbonyl (C=O) groups excluding carboxylic acids is 1. The number of ether oxygens (including phenoxy) is 3. The lowest BCUT2D eigenvalue weighted by molar-refractivity contribution is -0.326. The van der Waals surface area contributed by atoms with Crippen LogP contribution < -0.4 is 10.2 Å². The summed E-state index contributed by atoms with van der Waals surface area (Å²) in [5.41, 5.74) is 2.14. The highest BCUT2D eigenvalue weighted by Gasteiger charge is 2.49. The zero-order valence-electron chi connectivity index (χ0n) is 23.1. The number of esters is 1. The molecule has 1 aromatic heterocycles. The van der Waals surface area contributed by atoms with Gasteiger partial charge in [0, 0.05) is 17.9 Å². The highest BCUT2D eigenvalue weighted by atomic mass is 16.8. The van der Waals surface area contributed by atoms with Crippen molar-refractivity contribution in [1.82, 2.24) is 5.06 Å². The zero-order valence-corrected chi connectivity index (χ0v) is 23.1. The number of phenolic OH excluding ortho intramolecular Hbond substituents is 1. The van der Waals surface area contributed by atoms with Gasteiger partial charge in [-0.1, -0.05) is 12.1 Å². The SMILES string of the molecule is O=C(O)C(O)C(=O)OCC1OC(Oc2ccc3c(=O)c(-c4ccc(O)cc4)coc3c2)C(ON2C=C3N=CC=C3C2)C(O)C1O. The first-order chi connectivity index (χ1) is 21.6. The Balaban J connectivity index is 1.25. The van der Waals surface area contributed by atoms with Crippen molar-refractivity contribution in [3.05, 3.63) is 82.5 Å². The van der Waals surface area contributed by atoms with Crippen LogP contribution in [-0.4, -0.2) is 98.7 Å². The van der Waals surface area contributed by atoms with Crippen molar-refractivity contribution in [3.63, 3.8) is 0 Å². The Bertz CT molecular complexity index is 1780. The first-order valence-electron chi connectivity index (χ1n) is 13.6. The monoisotopic (exact) mass is 622 g/mol. The van der Waals surface area contributed by atoms with E-state index in [0.29, 0.717) is 11.3 Å². The number of aromatic hydroxyl groups is 1. The molecule has 0 spiro atoms. The van der Waals surface area contributed by atoms with Gasteiger partial charge in [0.05, 0.1) is 29.4 Å². The lowest BCUT2D eigenvalue weighted by Gasteiger charge is -2.42. The molecular weight excluding hydrogens is 596 g/mol. The van der Waals surface area contributed by atoms with E-state index in [1.807, 2.05) is 0 Å². The number of fused-ring (bicyclic) bond motifs is 2. The van der Waals surface area contributed by atoms with Gasteiger partial charge < -0.3 is 44.2 Å². The van der Waals surface area contributed by atoms with E-state index in [-0.39, 0.29) is 40.0 Å². The van der Waals surface area contributed by atoms with E-state index >= 15 is 0 Å². The molecule has 1 fully saturated rings. The van der Waals surface area contributed by atoms with Gasteiger partial charge in [0.1, 0.15) is 48.3 Å². The molecule has 15 nitrogen and oxygen atoms in total. The third kappa shape index (κ3) is 6.02. The first-order valence-corrected chi connectivity index (χ1v) is 13.6. The van der Waals surface area contributed by atoms with Crippen molar-refractivity contribution < 1.29 is 58.6 Å². The maximum Gasteiger partial charge on any atom is 0.346 e. The number of nitrogens with zero attached hydrogens (tertiary/aromatic N) is 2. The minimum atomic E-state index is -2.46. The fourth-order valence-electron chi connectivity index (χ4n) is 4.95. The Labute approximate surface area is 253 Å². The van der Waals surface area contributed by atoms with Gasteiger partial charge in [-0.05, 0) is 35.9 Å².